The van der Waals surface area contributed by atoms with Gasteiger partial charge in [-0.15, -0.1) is 11.3 Å². The molecular weight excluding hydrogens is 405 g/mol. The Hall–Kier alpha value is -2.67. The fourth-order valence-corrected chi connectivity index (χ4v) is 3.24. The van der Waals surface area contributed by atoms with E-state index in [-0.39, 0.29) is 16.8 Å². The van der Waals surface area contributed by atoms with Gasteiger partial charge >= 0.3 is 0 Å². The molecule has 0 aliphatic rings. The van der Waals surface area contributed by atoms with Crippen LogP contribution in [0.15, 0.2) is 65.1 Å². The van der Waals surface area contributed by atoms with Crippen molar-refractivity contribution in [2.45, 2.75) is 0 Å². The third kappa shape index (κ3) is 5.17. The Labute approximate surface area is 169 Å². The average Bonchev–Trinajstić information content (AvgIpc) is 3.15. The SMILES string of the molecule is O=C(N/N=C/c1cccs1)c1ccc(NC(=O)c2ccc(Cl)cc2Cl)cc1. The summed E-state index contributed by atoms with van der Waals surface area (Å²) in [5.74, 6) is -0.712. The zero-order chi connectivity index (χ0) is 19.2. The second-order valence-corrected chi connectivity index (χ2v) is 7.19. The van der Waals surface area contributed by atoms with Gasteiger partial charge in [-0.3, -0.25) is 9.59 Å². The normalized spacial score (nSPS) is 10.7. The van der Waals surface area contributed by atoms with Crippen molar-refractivity contribution >= 4 is 58.3 Å². The Balaban J connectivity index is 1.61. The number of carbonyl (C=O) groups is 2. The zero-order valence-electron chi connectivity index (χ0n) is 13.8. The maximum absolute atomic E-state index is 12.3. The number of amides is 2. The minimum absolute atomic E-state index is 0.264. The maximum atomic E-state index is 12.3. The summed E-state index contributed by atoms with van der Waals surface area (Å²) >= 11 is 13.4. The van der Waals surface area contributed by atoms with Crippen LogP contribution in [0.5, 0.6) is 0 Å². The molecule has 0 fully saturated rings. The molecule has 0 aliphatic carbocycles. The van der Waals surface area contributed by atoms with Gasteiger partial charge in [-0.1, -0.05) is 29.3 Å². The van der Waals surface area contributed by atoms with Gasteiger partial charge < -0.3 is 5.32 Å². The zero-order valence-corrected chi connectivity index (χ0v) is 16.1. The highest BCUT2D eigenvalue weighted by Crippen LogP contribution is 2.22. The smallest absolute Gasteiger partial charge is 0.271 e. The summed E-state index contributed by atoms with van der Waals surface area (Å²) in [6, 6.07) is 14.9. The van der Waals surface area contributed by atoms with E-state index in [0.29, 0.717) is 21.8 Å². The number of hydrogen-bond donors (Lipinski definition) is 2. The molecule has 2 N–H and O–H groups in total. The van der Waals surface area contributed by atoms with Crippen LogP contribution in [0.3, 0.4) is 0 Å². The van der Waals surface area contributed by atoms with Crippen LogP contribution >= 0.6 is 34.5 Å². The number of hydrazone groups is 1. The topological polar surface area (TPSA) is 70.6 Å². The van der Waals surface area contributed by atoms with Crippen molar-refractivity contribution in [3.63, 3.8) is 0 Å². The second-order valence-electron chi connectivity index (χ2n) is 5.37. The lowest BCUT2D eigenvalue weighted by molar-refractivity contribution is 0.0954. The third-order valence-electron chi connectivity index (χ3n) is 3.48. The monoisotopic (exact) mass is 417 g/mol. The molecule has 0 aliphatic heterocycles. The molecule has 2 amide bonds. The molecule has 136 valence electrons. The first-order chi connectivity index (χ1) is 13.0. The van der Waals surface area contributed by atoms with Crippen LogP contribution in [0.2, 0.25) is 10.0 Å². The van der Waals surface area contributed by atoms with Crippen LogP contribution in [-0.4, -0.2) is 18.0 Å². The minimum Gasteiger partial charge on any atom is -0.322 e. The first-order valence-electron chi connectivity index (χ1n) is 7.76. The van der Waals surface area contributed by atoms with Crippen molar-refractivity contribution in [2.75, 3.05) is 5.32 Å². The molecule has 0 spiro atoms. The summed E-state index contributed by atoms with van der Waals surface area (Å²) in [4.78, 5) is 25.3. The largest absolute Gasteiger partial charge is 0.322 e. The number of carbonyl (C=O) groups excluding carboxylic acids is 2. The highest BCUT2D eigenvalue weighted by molar-refractivity contribution is 7.11. The number of anilines is 1. The van der Waals surface area contributed by atoms with Gasteiger partial charge in [-0.25, -0.2) is 5.43 Å². The molecule has 5 nitrogen and oxygen atoms in total. The molecule has 3 aromatic rings. The summed E-state index contributed by atoms with van der Waals surface area (Å²) in [5.41, 5.74) is 3.72. The van der Waals surface area contributed by atoms with E-state index in [9.17, 15) is 9.59 Å². The lowest BCUT2D eigenvalue weighted by Crippen LogP contribution is -2.17. The fourth-order valence-electron chi connectivity index (χ4n) is 2.16. The van der Waals surface area contributed by atoms with Crippen molar-refractivity contribution in [3.8, 4) is 0 Å². The Morgan fingerprint density at radius 1 is 1.00 bits per heavy atom. The molecule has 0 unspecified atom stereocenters. The van der Waals surface area contributed by atoms with E-state index < -0.39 is 0 Å². The van der Waals surface area contributed by atoms with Crippen molar-refractivity contribution in [3.05, 3.63) is 86.0 Å². The predicted octanol–water partition coefficient (Wildman–Crippen LogP) is 5.07. The Kier molecular flexibility index (Phi) is 6.24. The van der Waals surface area contributed by atoms with Crippen LogP contribution < -0.4 is 10.7 Å². The lowest BCUT2D eigenvalue weighted by atomic mass is 10.1. The average molecular weight is 418 g/mol. The number of nitrogens with zero attached hydrogens (tertiary/aromatic N) is 1. The molecule has 0 atom stereocenters. The van der Waals surface area contributed by atoms with E-state index in [1.165, 1.54) is 17.4 Å². The number of hydrogen-bond acceptors (Lipinski definition) is 4. The number of benzene rings is 2. The Morgan fingerprint density at radius 2 is 1.78 bits per heavy atom. The van der Waals surface area contributed by atoms with E-state index in [1.807, 2.05) is 17.5 Å². The second kappa shape index (κ2) is 8.81. The number of rotatable bonds is 5. The van der Waals surface area contributed by atoms with Gasteiger partial charge in [0, 0.05) is 21.2 Å². The van der Waals surface area contributed by atoms with Gasteiger partial charge in [0.15, 0.2) is 0 Å². The lowest BCUT2D eigenvalue weighted by Gasteiger charge is -2.08. The highest BCUT2D eigenvalue weighted by atomic mass is 35.5. The number of thiophene rings is 1. The van der Waals surface area contributed by atoms with Crippen LogP contribution in [0, 0.1) is 0 Å². The molecule has 0 bridgehead atoms. The van der Waals surface area contributed by atoms with Gasteiger partial charge in [0.2, 0.25) is 0 Å². The van der Waals surface area contributed by atoms with E-state index in [4.69, 9.17) is 23.2 Å². The maximum Gasteiger partial charge on any atom is 0.271 e. The molecule has 0 radical (unpaired) electrons. The van der Waals surface area contributed by atoms with Gasteiger partial charge in [0.05, 0.1) is 16.8 Å². The van der Waals surface area contributed by atoms with E-state index >= 15 is 0 Å². The molecule has 0 saturated carbocycles. The summed E-state index contributed by atoms with van der Waals surface area (Å²) < 4.78 is 0. The van der Waals surface area contributed by atoms with E-state index in [0.717, 1.165) is 4.88 Å². The molecular formula is C19H13Cl2N3O2S. The van der Waals surface area contributed by atoms with Gasteiger partial charge in [-0.05, 0) is 53.9 Å². The van der Waals surface area contributed by atoms with E-state index in [2.05, 4.69) is 15.8 Å². The summed E-state index contributed by atoms with van der Waals surface area (Å²) in [7, 11) is 0. The standard InChI is InChI=1S/C19H13Cl2N3O2S/c20-13-5-8-16(17(21)10-13)19(26)23-14-6-3-12(4-7-14)18(25)24-22-11-15-2-1-9-27-15/h1-11H,(H,23,26)(H,24,25)/b22-11+. The van der Waals surface area contributed by atoms with Crippen molar-refractivity contribution in [1.29, 1.82) is 0 Å². The van der Waals surface area contributed by atoms with Gasteiger partial charge in [0.1, 0.15) is 0 Å². The molecule has 0 saturated heterocycles. The van der Waals surface area contributed by atoms with Gasteiger partial charge in [0.25, 0.3) is 11.8 Å². The molecule has 1 aromatic heterocycles. The summed E-state index contributed by atoms with van der Waals surface area (Å²) in [6.07, 6.45) is 1.58. The van der Waals surface area contributed by atoms with Crippen molar-refractivity contribution in [2.24, 2.45) is 5.10 Å². The van der Waals surface area contributed by atoms with Crippen LogP contribution in [0.25, 0.3) is 0 Å². The Bertz CT molecular complexity index is 987. The summed E-state index contributed by atoms with van der Waals surface area (Å²) in [6.45, 7) is 0. The third-order valence-corrected chi connectivity index (χ3v) is 4.84. The fraction of sp³-hybridized carbons (Fsp3) is 0. The van der Waals surface area contributed by atoms with Crippen molar-refractivity contribution in [1.82, 2.24) is 5.43 Å². The van der Waals surface area contributed by atoms with E-state index in [1.54, 1.807) is 42.6 Å². The van der Waals surface area contributed by atoms with Crippen LogP contribution in [0.1, 0.15) is 25.6 Å². The van der Waals surface area contributed by atoms with Crippen LogP contribution in [-0.2, 0) is 0 Å². The molecule has 8 heteroatoms. The number of halogens is 2. The molecule has 2 aromatic carbocycles. The highest BCUT2D eigenvalue weighted by Gasteiger charge is 2.11. The minimum atomic E-state index is -0.366. The first-order valence-corrected chi connectivity index (χ1v) is 9.40. The van der Waals surface area contributed by atoms with Gasteiger partial charge in [-0.2, -0.15) is 5.10 Å². The Morgan fingerprint density at radius 3 is 2.44 bits per heavy atom. The molecule has 27 heavy (non-hydrogen) atoms. The quantitative estimate of drug-likeness (QED) is 0.449. The molecule has 3 rings (SSSR count). The van der Waals surface area contributed by atoms with Crippen LogP contribution in [0.4, 0.5) is 5.69 Å². The summed E-state index contributed by atoms with van der Waals surface area (Å²) in [5, 5.41) is 9.27. The van der Waals surface area contributed by atoms with Crippen molar-refractivity contribution < 1.29 is 9.59 Å². The number of nitrogens with one attached hydrogen (secondary N) is 2. The molecule has 1 heterocycles. The first kappa shape index (κ1) is 19.1. The predicted molar refractivity (Wildman–Crippen MR) is 110 cm³/mol.